The molecule has 0 fully saturated rings. The van der Waals surface area contributed by atoms with Crippen molar-refractivity contribution >= 4 is 0 Å². The minimum atomic E-state index is 0.607. The Labute approximate surface area is 128 Å². The molecule has 0 aliphatic carbocycles. The van der Waals surface area contributed by atoms with Crippen molar-refractivity contribution < 1.29 is 0 Å². The summed E-state index contributed by atoms with van der Waals surface area (Å²) in [7, 11) is 0. The van der Waals surface area contributed by atoms with Gasteiger partial charge in [-0.15, -0.1) is 0 Å². The summed E-state index contributed by atoms with van der Waals surface area (Å²) in [5.74, 6) is 0.607. The molecule has 112 valence electrons. The van der Waals surface area contributed by atoms with Crippen molar-refractivity contribution in [2.75, 3.05) is 0 Å². The molecule has 0 bridgehead atoms. The van der Waals surface area contributed by atoms with Crippen LogP contribution in [0.2, 0.25) is 0 Å². The van der Waals surface area contributed by atoms with Gasteiger partial charge >= 0.3 is 0 Å². The van der Waals surface area contributed by atoms with Gasteiger partial charge in [0.15, 0.2) is 0 Å². The lowest BCUT2D eigenvalue weighted by Crippen LogP contribution is -2.03. The first-order chi connectivity index (χ1) is 10.4. The average molecular weight is 282 g/mol. The van der Waals surface area contributed by atoms with E-state index in [1.54, 1.807) is 0 Å². The molecule has 2 rings (SSSR count). The lowest BCUT2D eigenvalue weighted by Gasteiger charge is -2.19. The maximum atomic E-state index is 4.62. The Balaban J connectivity index is 2.31. The lowest BCUT2D eigenvalue weighted by atomic mass is 9.87. The van der Waals surface area contributed by atoms with Gasteiger partial charge in [0.25, 0.3) is 0 Å². The van der Waals surface area contributed by atoms with Gasteiger partial charge in [-0.3, -0.25) is 9.97 Å². The third-order valence-corrected chi connectivity index (χ3v) is 4.00. The van der Waals surface area contributed by atoms with E-state index < -0.39 is 0 Å². The van der Waals surface area contributed by atoms with Crippen LogP contribution in [0.15, 0.2) is 42.7 Å². The van der Waals surface area contributed by atoms with Crippen LogP contribution < -0.4 is 0 Å². The van der Waals surface area contributed by atoms with E-state index in [0.29, 0.717) is 5.92 Å². The van der Waals surface area contributed by atoms with Gasteiger partial charge in [-0.25, -0.2) is 0 Å². The van der Waals surface area contributed by atoms with Crippen LogP contribution >= 0.6 is 0 Å². The van der Waals surface area contributed by atoms with Crippen LogP contribution in [0.3, 0.4) is 0 Å². The second-order valence-corrected chi connectivity index (χ2v) is 5.64. The van der Waals surface area contributed by atoms with Crippen molar-refractivity contribution in [3.05, 3.63) is 48.3 Å². The first kappa shape index (κ1) is 15.7. The molecule has 0 saturated heterocycles. The second-order valence-electron chi connectivity index (χ2n) is 5.64. The van der Waals surface area contributed by atoms with Gasteiger partial charge in [-0.2, -0.15) is 0 Å². The third-order valence-electron chi connectivity index (χ3n) is 4.00. The molecular formula is C19H26N2. The molecule has 0 spiro atoms. The van der Waals surface area contributed by atoms with Gasteiger partial charge < -0.3 is 0 Å². The van der Waals surface area contributed by atoms with Crippen LogP contribution in [0.5, 0.6) is 0 Å². The van der Waals surface area contributed by atoms with Crippen molar-refractivity contribution in [1.29, 1.82) is 0 Å². The van der Waals surface area contributed by atoms with Crippen molar-refractivity contribution in [1.82, 2.24) is 9.97 Å². The van der Waals surface area contributed by atoms with Gasteiger partial charge in [0.05, 0.1) is 11.4 Å². The van der Waals surface area contributed by atoms with E-state index in [2.05, 4.69) is 42.0 Å². The molecule has 0 aliphatic rings. The Bertz CT molecular complexity index is 514. The summed E-state index contributed by atoms with van der Waals surface area (Å²) in [5.41, 5.74) is 3.43. The summed E-state index contributed by atoms with van der Waals surface area (Å²) in [6.07, 6.45) is 11.3. The fraction of sp³-hybridized carbons (Fsp3) is 0.474. The van der Waals surface area contributed by atoms with Gasteiger partial charge in [-0.05, 0) is 42.5 Å². The Morgan fingerprint density at radius 2 is 1.57 bits per heavy atom. The summed E-state index contributed by atoms with van der Waals surface area (Å²) in [5, 5.41) is 0. The molecule has 2 nitrogen and oxygen atoms in total. The van der Waals surface area contributed by atoms with Crippen molar-refractivity contribution in [2.45, 2.75) is 58.3 Å². The van der Waals surface area contributed by atoms with Gasteiger partial charge in [0.2, 0.25) is 0 Å². The van der Waals surface area contributed by atoms with E-state index in [1.165, 1.54) is 44.1 Å². The highest BCUT2D eigenvalue weighted by molar-refractivity contribution is 5.59. The maximum absolute atomic E-state index is 4.62. The Morgan fingerprint density at radius 3 is 2.19 bits per heavy atom. The first-order valence-electron chi connectivity index (χ1n) is 8.23. The third kappa shape index (κ3) is 4.38. The number of unbranched alkanes of at least 4 members (excludes halogenated alkanes) is 2. The summed E-state index contributed by atoms with van der Waals surface area (Å²) in [4.78, 5) is 9.11. The number of rotatable bonds is 8. The van der Waals surface area contributed by atoms with Crippen molar-refractivity contribution in [3.63, 3.8) is 0 Å². The molecule has 0 aromatic carbocycles. The predicted octanol–water partition coefficient (Wildman–Crippen LogP) is 5.61. The highest BCUT2D eigenvalue weighted by Crippen LogP contribution is 2.33. The first-order valence-corrected chi connectivity index (χ1v) is 8.23. The molecule has 0 saturated carbocycles. The molecule has 0 unspecified atom stereocenters. The summed E-state index contributed by atoms with van der Waals surface area (Å²) in [6.45, 7) is 4.53. The molecule has 2 heterocycles. The number of hydrogen-bond acceptors (Lipinski definition) is 2. The SMILES string of the molecule is CCCCC(CCCC)c1cccnc1-c1ccccn1. The van der Waals surface area contributed by atoms with E-state index in [9.17, 15) is 0 Å². The molecular weight excluding hydrogens is 256 g/mol. The van der Waals surface area contributed by atoms with Crippen LogP contribution in [-0.2, 0) is 0 Å². The summed E-state index contributed by atoms with van der Waals surface area (Å²) in [6, 6.07) is 10.4. The zero-order chi connectivity index (χ0) is 14.9. The second kappa shape index (κ2) is 8.56. The van der Waals surface area contributed by atoms with Gasteiger partial charge in [-0.1, -0.05) is 51.7 Å². The van der Waals surface area contributed by atoms with E-state index in [0.717, 1.165) is 11.4 Å². The quantitative estimate of drug-likeness (QED) is 0.629. The van der Waals surface area contributed by atoms with Gasteiger partial charge in [0.1, 0.15) is 0 Å². The van der Waals surface area contributed by atoms with Crippen LogP contribution in [0, 0.1) is 0 Å². The largest absolute Gasteiger partial charge is 0.255 e. The smallest absolute Gasteiger partial charge is 0.0920 e. The Kier molecular flexibility index (Phi) is 6.39. The van der Waals surface area contributed by atoms with E-state index in [4.69, 9.17) is 0 Å². The van der Waals surface area contributed by atoms with Crippen LogP contribution in [0.25, 0.3) is 11.4 Å². The highest BCUT2D eigenvalue weighted by Gasteiger charge is 2.16. The molecule has 0 atom stereocenters. The molecule has 21 heavy (non-hydrogen) atoms. The zero-order valence-corrected chi connectivity index (χ0v) is 13.3. The number of pyridine rings is 2. The molecule has 2 aromatic heterocycles. The van der Waals surface area contributed by atoms with Crippen molar-refractivity contribution in [2.24, 2.45) is 0 Å². The summed E-state index contributed by atoms with van der Waals surface area (Å²) >= 11 is 0. The minimum Gasteiger partial charge on any atom is -0.255 e. The molecule has 2 aromatic rings. The Hall–Kier alpha value is -1.70. The van der Waals surface area contributed by atoms with Gasteiger partial charge in [0, 0.05) is 12.4 Å². The number of hydrogen-bond donors (Lipinski definition) is 0. The predicted molar refractivity (Wildman–Crippen MR) is 89.3 cm³/mol. The number of aromatic nitrogens is 2. The molecule has 0 amide bonds. The monoisotopic (exact) mass is 282 g/mol. The van der Waals surface area contributed by atoms with E-state index in [1.807, 2.05) is 24.5 Å². The standard InChI is InChI=1S/C19H26N2/c1-3-5-10-16(11-6-4-2)17-12-9-15-21-19(17)18-13-7-8-14-20-18/h7-9,12-16H,3-6,10-11H2,1-2H3. The average Bonchev–Trinajstić information content (AvgIpc) is 2.56. The summed E-state index contributed by atoms with van der Waals surface area (Å²) < 4.78 is 0. The molecule has 0 N–H and O–H groups in total. The van der Waals surface area contributed by atoms with E-state index >= 15 is 0 Å². The van der Waals surface area contributed by atoms with Crippen LogP contribution in [-0.4, -0.2) is 9.97 Å². The van der Waals surface area contributed by atoms with Crippen LogP contribution in [0.4, 0.5) is 0 Å². The molecule has 2 heteroatoms. The number of nitrogens with zero attached hydrogens (tertiary/aromatic N) is 2. The zero-order valence-electron chi connectivity index (χ0n) is 13.3. The van der Waals surface area contributed by atoms with Crippen molar-refractivity contribution in [3.8, 4) is 11.4 Å². The normalized spacial score (nSPS) is 11.0. The fourth-order valence-electron chi connectivity index (χ4n) is 2.82. The highest BCUT2D eigenvalue weighted by atomic mass is 14.8. The molecule has 0 radical (unpaired) electrons. The fourth-order valence-corrected chi connectivity index (χ4v) is 2.82. The van der Waals surface area contributed by atoms with Crippen LogP contribution in [0.1, 0.15) is 63.9 Å². The minimum absolute atomic E-state index is 0.607. The maximum Gasteiger partial charge on any atom is 0.0920 e. The molecule has 0 aliphatic heterocycles. The Morgan fingerprint density at radius 1 is 0.857 bits per heavy atom. The van der Waals surface area contributed by atoms with E-state index in [-0.39, 0.29) is 0 Å². The lowest BCUT2D eigenvalue weighted by molar-refractivity contribution is 0.524. The topological polar surface area (TPSA) is 25.8 Å².